The normalized spacial score (nSPS) is 15.2. The van der Waals surface area contributed by atoms with E-state index < -0.39 is 0 Å². The first-order valence-corrected chi connectivity index (χ1v) is 6.05. The summed E-state index contributed by atoms with van der Waals surface area (Å²) in [5.74, 6) is 0.174. The molecule has 3 rings (SSSR count). The Morgan fingerprint density at radius 2 is 2.18 bits per heavy atom. The number of hydrogen-bond donors (Lipinski definition) is 1. The number of rotatable bonds is 2. The first-order chi connectivity index (χ1) is 8.20. The molecule has 0 spiro atoms. The summed E-state index contributed by atoms with van der Waals surface area (Å²) in [4.78, 5) is 4.41. The van der Waals surface area contributed by atoms with Crippen molar-refractivity contribution in [2.24, 2.45) is 0 Å². The molecule has 88 valence electrons. The standard InChI is InChI=1S/C13H12ClFN2/c1-16-11-6-10(7-2-3-7)17-13-9(15)5-4-8(14)12(11)13/h4-7H,2-3H2,1H3,(H,16,17). The van der Waals surface area contributed by atoms with Crippen LogP contribution in [0.1, 0.15) is 24.5 Å². The molecule has 1 aromatic carbocycles. The highest BCUT2D eigenvalue weighted by molar-refractivity contribution is 6.36. The van der Waals surface area contributed by atoms with Crippen LogP contribution in [0.25, 0.3) is 10.9 Å². The number of fused-ring (bicyclic) bond motifs is 1. The van der Waals surface area contributed by atoms with E-state index in [1.54, 1.807) is 6.07 Å². The van der Waals surface area contributed by atoms with Crippen molar-refractivity contribution in [3.63, 3.8) is 0 Å². The minimum atomic E-state index is -0.316. The zero-order valence-corrected chi connectivity index (χ0v) is 10.2. The summed E-state index contributed by atoms with van der Waals surface area (Å²) >= 11 is 6.11. The minimum absolute atomic E-state index is 0.316. The molecular formula is C13H12ClFN2. The number of halogens is 2. The second kappa shape index (κ2) is 3.84. The maximum atomic E-state index is 13.8. The van der Waals surface area contributed by atoms with E-state index in [2.05, 4.69) is 10.3 Å². The summed E-state index contributed by atoms with van der Waals surface area (Å²) < 4.78 is 13.8. The first-order valence-electron chi connectivity index (χ1n) is 5.67. The van der Waals surface area contributed by atoms with Crippen LogP contribution >= 0.6 is 11.6 Å². The molecule has 4 heteroatoms. The highest BCUT2D eigenvalue weighted by Gasteiger charge is 2.26. The van der Waals surface area contributed by atoms with Crippen LogP contribution in [-0.4, -0.2) is 12.0 Å². The van der Waals surface area contributed by atoms with Crippen LogP contribution in [0.3, 0.4) is 0 Å². The molecule has 0 saturated heterocycles. The van der Waals surface area contributed by atoms with Gasteiger partial charge in [-0.1, -0.05) is 11.6 Å². The Bertz CT molecular complexity index is 593. The molecule has 1 heterocycles. The van der Waals surface area contributed by atoms with Crippen LogP contribution in [0.4, 0.5) is 10.1 Å². The van der Waals surface area contributed by atoms with E-state index in [1.165, 1.54) is 6.07 Å². The van der Waals surface area contributed by atoms with Gasteiger partial charge < -0.3 is 5.32 Å². The van der Waals surface area contributed by atoms with Gasteiger partial charge in [-0.25, -0.2) is 9.37 Å². The van der Waals surface area contributed by atoms with Gasteiger partial charge in [-0.3, -0.25) is 0 Å². The molecule has 2 nitrogen and oxygen atoms in total. The topological polar surface area (TPSA) is 24.9 Å². The maximum absolute atomic E-state index is 13.8. The number of nitrogens with one attached hydrogen (secondary N) is 1. The monoisotopic (exact) mass is 250 g/mol. The molecule has 1 aliphatic carbocycles. The molecule has 0 amide bonds. The highest BCUT2D eigenvalue weighted by atomic mass is 35.5. The Kier molecular flexibility index (Phi) is 2.44. The van der Waals surface area contributed by atoms with Gasteiger partial charge in [0.15, 0.2) is 0 Å². The number of benzene rings is 1. The molecule has 17 heavy (non-hydrogen) atoms. The number of anilines is 1. The fourth-order valence-corrected chi connectivity index (χ4v) is 2.33. The van der Waals surface area contributed by atoms with Crippen LogP contribution in [0.2, 0.25) is 5.02 Å². The molecule has 1 N–H and O–H groups in total. The van der Waals surface area contributed by atoms with E-state index in [0.29, 0.717) is 21.8 Å². The SMILES string of the molecule is CNc1cc(C2CC2)nc2c(F)ccc(Cl)c12. The molecule has 1 fully saturated rings. The van der Waals surface area contributed by atoms with Crippen LogP contribution in [0.15, 0.2) is 18.2 Å². The molecule has 1 aliphatic rings. The fraction of sp³-hybridized carbons (Fsp3) is 0.308. The van der Waals surface area contributed by atoms with Crippen LogP contribution in [-0.2, 0) is 0 Å². The van der Waals surface area contributed by atoms with Gasteiger partial charge in [0.1, 0.15) is 11.3 Å². The summed E-state index contributed by atoms with van der Waals surface area (Å²) in [6.07, 6.45) is 2.29. The molecule has 0 unspecified atom stereocenters. The largest absolute Gasteiger partial charge is 0.387 e. The molecule has 0 aliphatic heterocycles. The van der Waals surface area contributed by atoms with Crippen molar-refractivity contribution in [3.8, 4) is 0 Å². The molecule has 0 bridgehead atoms. The van der Waals surface area contributed by atoms with Gasteiger partial charge in [-0.15, -0.1) is 0 Å². The van der Waals surface area contributed by atoms with Gasteiger partial charge in [-0.2, -0.15) is 0 Å². The zero-order valence-electron chi connectivity index (χ0n) is 9.43. The van der Waals surface area contributed by atoms with E-state index in [4.69, 9.17) is 11.6 Å². The summed E-state index contributed by atoms with van der Waals surface area (Å²) in [6.45, 7) is 0. The lowest BCUT2D eigenvalue weighted by Crippen LogP contribution is -1.97. The van der Waals surface area contributed by atoms with Crippen molar-refractivity contribution in [2.75, 3.05) is 12.4 Å². The van der Waals surface area contributed by atoms with E-state index in [-0.39, 0.29) is 5.82 Å². The summed E-state index contributed by atoms with van der Waals surface area (Å²) in [6, 6.07) is 4.91. The molecular weight excluding hydrogens is 239 g/mol. The fourth-order valence-electron chi connectivity index (χ4n) is 2.07. The highest BCUT2D eigenvalue weighted by Crippen LogP contribution is 2.42. The van der Waals surface area contributed by atoms with Crippen molar-refractivity contribution in [2.45, 2.75) is 18.8 Å². The number of nitrogens with zero attached hydrogens (tertiary/aromatic N) is 1. The van der Waals surface area contributed by atoms with Gasteiger partial charge in [0.25, 0.3) is 0 Å². The zero-order chi connectivity index (χ0) is 12.0. The van der Waals surface area contributed by atoms with Gasteiger partial charge in [0.05, 0.1) is 5.02 Å². The predicted molar refractivity (Wildman–Crippen MR) is 68.2 cm³/mol. The summed E-state index contributed by atoms with van der Waals surface area (Å²) in [7, 11) is 1.81. The third kappa shape index (κ3) is 1.75. The summed E-state index contributed by atoms with van der Waals surface area (Å²) in [5, 5.41) is 4.26. The van der Waals surface area contributed by atoms with Crippen molar-refractivity contribution in [1.29, 1.82) is 0 Å². The lowest BCUT2D eigenvalue weighted by molar-refractivity contribution is 0.636. The van der Waals surface area contributed by atoms with E-state index in [0.717, 1.165) is 24.2 Å². The minimum Gasteiger partial charge on any atom is -0.387 e. The Morgan fingerprint density at radius 3 is 2.82 bits per heavy atom. The third-order valence-electron chi connectivity index (χ3n) is 3.15. The average molecular weight is 251 g/mol. The van der Waals surface area contributed by atoms with E-state index in [9.17, 15) is 4.39 Å². The Labute approximate surface area is 104 Å². The van der Waals surface area contributed by atoms with E-state index in [1.807, 2.05) is 13.1 Å². The lowest BCUT2D eigenvalue weighted by Gasteiger charge is -2.10. The molecule has 2 aromatic rings. The molecule has 1 aromatic heterocycles. The third-order valence-corrected chi connectivity index (χ3v) is 3.46. The smallest absolute Gasteiger partial charge is 0.149 e. The summed E-state index contributed by atoms with van der Waals surface area (Å²) in [5.41, 5.74) is 2.18. The maximum Gasteiger partial charge on any atom is 0.149 e. The number of aromatic nitrogens is 1. The van der Waals surface area contributed by atoms with Gasteiger partial charge in [0.2, 0.25) is 0 Å². The molecule has 0 radical (unpaired) electrons. The van der Waals surface area contributed by atoms with Crippen LogP contribution < -0.4 is 5.32 Å². The van der Waals surface area contributed by atoms with Crippen molar-refractivity contribution < 1.29 is 4.39 Å². The Balaban J connectivity index is 2.35. The van der Waals surface area contributed by atoms with Crippen LogP contribution in [0.5, 0.6) is 0 Å². The van der Waals surface area contributed by atoms with Crippen molar-refractivity contribution in [1.82, 2.24) is 4.98 Å². The lowest BCUT2D eigenvalue weighted by atomic mass is 10.1. The van der Waals surface area contributed by atoms with Gasteiger partial charge >= 0.3 is 0 Å². The Morgan fingerprint density at radius 1 is 1.41 bits per heavy atom. The number of hydrogen-bond acceptors (Lipinski definition) is 2. The second-order valence-electron chi connectivity index (χ2n) is 4.37. The molecule has 0 atom stereocenters. The average Bonchev–Trinajstić information content (AvgIpc) is 3.16. The number of pyridine rings is 1. The Hall–Kier alpha value is -1.35. The second-order valence-corrected chi connectivity index (χ2v) is 4.78. The van der Waals surface area contributed by atoms with Crippen molar-refractivity contribution in [3.05, 3.63) is 34.7 Å². The van der Waals surface area contributed by atoms with Gasteiger partial charge in [-0.05, 0) is 31.0 Å². The van der Waals surface area contributed by atoms with Crippen molar-refractivity contribution >= 4 is 28.2 Å². The predicted octanol–water partition coefficient (Wildman–Crippen LogP) is 3.95. The quantitative estimate of drug-likeness (QED) is 0.873. The van der Waals surface area contributed by atoms with Crippen LogP contribution in [0, 0.1) is 5.82 Å². The van der Waals surface area contributed by atoms with E-state index >= 15 is 0 Å². The van der Waals surface area contributed by atoms with Gasteiger partial charge in [0, 0.05) is 29.7 Å². The molecule has 1 saturated carbocycles. The first kappa shape index (κ1) is 10.8.